The van der Waals surface area contributed by atoms with Crippen LogP contribution in [0.2, 0.25) is 0 Å². The Hall–Kier alpha value is -0.590. The highest BCUT2D eigenvalue weighted by Gasteiger charge is 2.18. The SMILES string of the molecule is CC1=C(CCC(C=O)C(C)C)CCCC1C. The first-order valence-corrected chi connectivity index (χ1v) is 6.70. The van der Waals surface area contributed by atoms with Gasteiger partial charge in [0, 0.05) is 5.92 Å². The molecule has 0 aliphatic heterocycles. The lowest BCUT2D eigenvalue weighted by molar-refractivity contribution is -0.112. The van der Waals surface area contributed by atoms with E-state index in [0.717, 1.165) is 25.0 Å². The van der Waals surface area contributed by atoms with Crippen LogP contribution in [0.4, 0.5) is 0 Å². The maximum Gasteiger partial charge on any atom is 0.123 e. The molecule has 0 amide bonds. The van der Waals surface area contributed by atoms with Crippen LogP contribution in [0.1, 0.15) is 59.8 Å². The van der Waals surface area contributed by atoms with E-state index in [1.807, 2.05) is 0 Å². The Balaban J connectivity index is 2.53. The second-order valence-corrected chi connectivity index (χ2v) is 5.66. The third kappa shape index (κ3) is 3.47. The van der Waals surface area contributed by atoms with E-state index in [1.54, 1.807) is 11.1 Å². The van der Waals surface area contributed by atoms with E-state index in [0.29, 0.717) is 5.92 Å². The molecule has 0 spiro atoms. The van der Waals surface area contributed by atoms with E-state index < -0.39 is 0 Å². The van der Waals surface area contributed by atoms with Gasteiger partial charge in [0.15, 0.2) is 0 Å². The molecular weight excluding hydrogens is 196 g/mol. The molecule has 16 heavy (non-hydrogen) atoms. The molecule has 1 rings (SSSR count). The normalized spacial score (nSPS) is 23.7. The first-order valence-electron chi connectivity index (χ1n) is 6.70. The summed E-state index contributed by atoms with van der Waals surface area (Å²) in [5, 5.41) is 0. The van der Waals surface area contributed by atoms with Gasteiger partial charge in [0.25, 0.3) is 0 Å². The van der Waals surface area contributed by atoms with Gasteiger partial charge in [-0.25, -0.2) is 0 Å². The van der Waals surface area contributed by atoms with Crippen molar-refractivity contribution < 1.29 is 4.79 Å². The Bertz CT molecular complexity index is 263. The minimum absolute atomic E-state index is 0.248. The Morgan fingerprint density at radius 1 is 1.44 bits per heavy atom. The topological polar surface area (TPSA) is 17.1 Å². The Labute approximate surface area is 100 Å². The summed E-state index contributed by atoms with van der Waals surface area (Å²) >= 11 is 0. The zero-order valence-electron chi connectivity index (χ0n) is 11.3. The summed E-state index contributed by atoms with van der Waals surface area (Å²) in [7, 11) is 0. The molecule has 1 heteroatoms. The number of carbonyl (C=O) groups is 1. The van der Waals surface area contributed by atoms with Crippen molar-refractivity contribution in [1.29, 1.82) is 0 Å². The summed E-state index contributed by atoms with van der Waals surface area (Å²) in [6.07, 6.45) is 7.27. The smallest absolute Gasteiger partial charge is 0.123 e. The largest absolute Gasteiger partial charge is 0.303 e. The third-order valence-corrected chi connectivity index (χ3v) is 4.22. The Morgan fingerprint density at radius 2 is 2.12 bits per heavy atom. The van der Waals surface area contributed by atoms with Gasteiger partial charge in [0.1, 0.15) is 6.29 Å². The number of allylic oxidation sites excluding steroid dienone is 2. The first kappa shape index (κ1) is 13.5. The van der Waals surface area contributed by atoms with Gasteiger partial charge in [-0.1, -0.05) is 31.9 Å². The van der Waals surface area contributed by atoms with E-state index >= 15 is 0 Å². The molecule has 0 saturated carbocycles. The van der Waals surface area contributed by atoms with Gasteiger partial charge < -0.3 is 4.79 Å². The molecular formula is C15H26O. The molecule has 2 unspecified atom stereocenters. The van der Waals surface area contributed by atoms with Crippen molar-refractivity contribution in [2.45, 2.75) is 59.8 Å². The standard InChI is InChI=1S/C15H26O/c1-11(2)15(10-16)9-8-14-7-5-6-12(3)13(14)4/h10-12,15H,5-9H2,1-4H3. The Kier molecular flexibility index (Phi) is 5.24. The summed E-state index contributed by atoms with van der Waals surface area (Å²) < 4.78 is 0. The molecule has 0 bridgehead atoms. The fourth-order valence-corrected chi connectivity index (χ4v) is 2.61. The molecule has 2 atom stereocenters. The van der Waals surface area contributed by atoms with Crippen molar-refractivity contribution in [1.82, 2.24) is 0 Å². The molecule has 0 fully saturated rings. The number of hydrogen-bond donors (Lipinski definition) is 0. The van der Waals surface area contributed by atoms with Crippen LogP contribution < -0.4 is 0 Å². The van der Waals surface area contributed by atoms with Crippen LogP contribution in [0, 0.1) is 17.8 Å². The first-order chi connectivity index (χ1) is 7.56. The lowest BCUT2D eigenvalue weighted by Crippen LogP contribution is -2.12. The zero-order chi connectivity index (χ0) is 12.1. The van der Waals surface area contributed by atoms with Gasteiger partial charge in [-0.05, 0) is 50.9 Å². The summed E-state index contributed by atoms with van der Waals surface area (Å²) in [5.74, 6) is 1.49. The van der Waals surface area contributed by atoms with Crippen LogP contribution >= 0.6 is 0 Å². The lowest BCUT2D eigenvalue weighted by Gasteiger charge is -2.25. The molecule has 0 heterocycles. The van der Waals surface area contributed by atoms with Crippen molar-refractivity contribution in [2.24, 2.45) is 17.8 Å². The van der Waals surface area contributed by atoms with Gasteiger partial charge in [-0.15, -0.1) is 0 Å². The molecule has 1 nitrogen and oxygen atoms in total. The molecule has 1 aliphatic rings. The second-order valence-electron chi connectivity index (χ2n) is 5.66. The van der Waals surface area contributed by atoms with Crippen LogP contribution in [0.5, 0.6) is 0 Å². The molecule has 1 aliphatic carbocycles. The lowest BCUT2D eigenvalue weighted by atomic mass is 9.81. The second kappa shape index (κ2) is 6.22. The maximum atomic E-state index is 10.9. The summed E-state index contributed by atoms with van der Waals surface area (Å²) in [5.41, 5.74) is 3.23. The summed E-state index contributed by atoms with van der Waals surface area (Å²) in [4.78, 5) is 10.9. The van der Waals surface area contributed by atoms with E-state index in [-0.39, 0.29) is 5.92 Å². The number of aldehydes is 1. The van der Waals surface area contributed by atoms with Crippen LogP contribution in [-0.4, -0.2) is 6.29 Å². The average Bonchev–Trinajstić information content (AvgIpc) is 2.24. The highest BCUT2D eigenvalue weighted by molar-refractivity contribution is 5.53. The van der Waals surface area contributed by atoms with Crippen molar-refractivity contribution in [2.75, 3.05) is 0 Å². The molecule has 92 valence electrons. The van der Waals surface area contributed by atoms with E-state index in [1.165, 1.54) is 19.3 Å². The molecule has 0 radical (unpaired) electrons. The monoisotopic (exact) mass is 222 g/mol. The summed E-state index contributed by atoms with van der Waals surface area (Å²) in [6.45, 7) is 8.90. The van der Waals surface area contributed by atoms with E-state index in [4.69, 9.17) is 0 Å². The Morgan fingerprint density at radius 3 is 2.69 bits per heavy atom. The quantitative estimate of drug-likeness (QED) is 0.498. The van der Waals surface area contributed by atoms with Gasteiger partial charge in [0.2, 0.25) is 0 Å². The van der Waals surface area contributed by atoms with Crippen LogP contribution in [-0.2, 0) is 4.79 Å². The van der Waals surface area contributed by atoms with Crippen molar-refractivity contribution >= 4 is 6.29 Å². The molecule has 0 aromatic heterocycles. The summed E-state index contributed by atoms with van der Waals surface area (Å²) in [6, 6.07) is 0. The van der Waals surface area contributed by atoms with Crippen molar-refractivity contribution in [3.63, 3.8) is 0 Å². The fraction of sp³-hybridized carbons (Fsp3) is 0.800. The minimum atomic E-state index is 0.248. The highest BCUT2D eigenvalue weighted by atomic mass is 16.1. The van der Waals surface area contributed by atoms with Gasteiger partial charge in [-0.3, -0.25) is 0 Å². The molecule has 0 aromatic carbocycles. The number of carbonyl (C=O) groups excluding carboxylic acids is 1. The van der Waals surface area contributed by atoms with Crippen LogP contribution in [0.3, 0.4) is 0 Å². The number of hydrogen-bond acceptors (Lipinski definition) is 1. The van der Waals surface area contributed by atoms with E-state index in [9.17, 15) is 4.79 Å². The highest BCUT2D eigenvalue weighted by Crippen LogP contribution is 2.33. The van der Waals surface area contributed by atoms with Gasteiger partial charge >= 0.3 is 0 Å². The third-order valence-electron chi connectivity index (χ3n) is 4.22. The minimum Gasteiger partial charge on any atom is -0.303 e. The molecule has 0 saturated heterocycles. The molecule has 0 aromatic rings. The van der Waals surface area contributed by atoms with E-state index in [2.05, 4.69) is 27.7 Å². The predicted octanol–water partition coefficient (Wildman–Crippen LogP) is 4.37. The molecule has 0 N–H and O–H groups in total. The van der Waals surface area contributed by atoms with Gasteiger partial charge in [0.05, 0.1) is 0 Å². The van der Waals surface area contributed by atoms with Crippen LogP contribution in [0.15, 0.2) is 11.1 Å². The maximum absolute atomic E-state index is 10.9. The van der Waals surface area contributed by atoms with Crippen molar-refractivity contribution in [3.05, 3.63) is 11.1 Å². The fourth-order valence-electron chi connectivity index (χ4n) is 2.61. The zero-order valence-corrected chi connectivity index (χ0v) is 11.3. The van der Waals surface area contributed by atoms with Crippen molar-refractivity contribution in [3.8, 4) is 0 Å². The predicted molar refractivity (Wildman–Crippen MR) is 69.3 cm³/mol. The van der Waals surface area contributed by atoms with Crippen LogP contribution in [0.25, 0.3) is 0 Å². The number of rotatable bonds is 5. The van der Waals surface area contributed by atoms with Gasteiger partial charge in [-0.2, -0.15) is 0 Å². The average molecular weight is 222 g/mol.